The van der Waals surface area contributed by atoms with Gasteiger partial charge in [0.05, 0.1) is 6.04 Å². The molecule has 0 saturated heterocycles. The van der Waals surface area contributed by atoms with Crippen LogP contribution in [0.2, 0.25) is 0 Å². The molecule has 166 valence electrons. The van der Waals surface area contributed by atoms with Gasteiger partial charge in [0.1, 0.15) is 0 Å². The zero-order valence-corrected chi connectivity index (χ0v) is 19.7. The Kier molecular flexibility index (Phi) is 12.7. The van der Waals surface area contributed by atoms with Crippen LogP contribution < -0.4 is 16.0 Å². The number of nitrogens with zero attached hydrogens (tertiary/aromatic N) is 2. The van der Waals surface area contributed by atoms with Gasteiger partial charge >= 0.3 is 0 Å². The molecule has 0 aromatic heterocycles. The number of thiol groups is 1. The van der Waals surface area contributed by atoms with E-state index in [1.54, 1.807) is 11.9 Å². The summed E-state index contributed by atoms with van der Waals surface area (Å²) >= 11 is 4.09. The summed E-state index contributed by atoms with van der Waals surface area (Å²) in [5.74, 6) is 0.312. The van der Waals surface area contributed by atoms with Crippen LogP contribution in [-0.2, 0) is 4.79 Å². The zero-order chi connectivity index (χ0) is 22.4. The Morgan fingerprint density at radius 3 is 2.47 bits per heavy atom. The molecule has 0 saturated carbocycles. The fourth-order valence-corrected chi connectivity index (χ4v) is 3.03. The summed E-state index contributed by atoms with van der Waals surface area (Å²) < 4.78 is 0. The number of allylic oxidation sites excluding steroid dienone is 4. The Bertz CT molecular complexity index is 712. The highest BCUT2D eigenvalue weighted by Crippen LogP contribution is 2.16. The van der Waals surface area contributed by atoms with Gasteiger partial charge in [-0.25, -0.2) is 0 Å². The van der Waals surface area contributed by atoms with Gasteiger partial charge < -0.3 is 20.9 Å². The molecule has 6 heteroatoms. The van der Waals surface area contributed by atoms with Crippen molar-refractivity contribution in [3.63, 3.8) is 0 Å². The SMILES string of the molecule is CC/C=C(\C=C/NCC)/C=C/c1ccc(N(C)CCCN(C)C(=O)C(N)CS)cc1. The molecule has 30 heavy (non-hydrogen) atoms. The van der Waals surface area contributed by atoms with E-state index in [-0.39, 0.29) is 5.91 Å². The van der Waals surface area contributed by atoms with Crippen molar-refractivity contribution in [1.82, 2.24) is 10.2 Å². The molecule has 5 nitrogen and oxygen atoms in total. The van der Waals surface area contributed by atoms with Crippen LogP contribution in [0.25, 0.3) is 6.08 Å². The van der Waals surface area contributed by atoms with Crippen LogP contribution in [0.3, 0.4) is 0 Å². The van der Waals surface area contributed by atoms with Gasteiger partial charge in [0.15, 0.2) is 0 Å². The van der Waals surface area contributed by atoms with Crippen molar-refractivity contribution in [3.05, 3.63) is 59.8 Å². The second-order valence-electron chi connectivity index (χ2n) is 7.25. The second kappa shape index (κ2) is 14.7. The van der Waals surface area contributed by atoms with E-state index < -0.39 is 6.04 Å². The molecule has 0 heterocycles. The smallest absolute Gasteiger partial charge is 0.240 e. The third-order valence-electron chi connectivity index (χ3n) is 4.72. The summed E-state index contributed by atoms with van der Waals surface area (Å²) in [6.45, 7) is 6.69. The van der Waals surface area contributed by atoms with Crippen molar-refractivity contribution in [2.45, 2.75) is 32.7 Å². The topological polar surface area (TPSA) is 61.6 Å². The minimum atomic E-state index is -0.525. The summed E-state index contributed by atoms with van der Waals surface area (Å²) in [6.07, 6.45) is 12.4. The van der Waals surface area contributed by atoms with Crippen molar-refractivity contribution < 1.29 is 4.79 Å². The standard InChI is InChI=1S/C24H38N4OS/c1-5-8-20(15-16-26-6-2)9-10-21-11-13-22(14-12-21)27(3)17-7-18-28(4)24(29)23(25)19-30/h8-16,23,26,30H,5-7,17-19,25H2,1-4H3/b10-9+,16-15-,20-8-. The van der Waals surface area contributed by atoms with Crippen LogP contribution in [0.15, 0.2) is 54.3 Å². The number of hydrogen-bond acceptors (Lipinski definition) is 5. The predicted molar refractivity (Wildman–Crippen MR) is 134 cm³/mol. The maximum Gasteiger partial charge on any atom is 0.240 e. The minimum absolute atomic E-state index is 0.0550. The van der Waals surface area contributed by atoms with Gasteiger partial charge in [-0.05, 0) is 55.3 Å². The molecule has 0 spiro atoms. The van der Waals surface area contributed by atoms with E-state index >= 15 is 0 Å². The number of nitrogens with one attached hydrogen (secondary N) is 1. The van der Waals surface area contributed by atoms with Crippen LogP contribution >= 0.6 is 12.6 Å². The average Bonchev–Trinajstić information content (AvgIpc) is 2.76. The molecule has 1 aromatic rings. The van der Waals surface area contributed by atoms with Gasteiger partial charge in [0.2, 0.25) is 5.91 Å². The van der Waals surface area contributed by atoms with Crippen LogP contribution in [0.1, 0.15) is 32.3 Å². The highest BCUT2D eigenvalue weighted by Gasteiger charge is 2.16. The van der Waals surface area contributed by atoms with Crippen molar-refractivity contribution in [2.24, 2.45) is 5.73 Å². The molecule has 0 radical (unpaired) electrons. The normalized spacial score (nSPS) is 13.1. The average molecular weight is 431 g/mol. The Morgan fingerprint density at radius 2 is 1.87 bits per heavy atom. The molecule has 0 aliphatic rings. The lowest BCUT2D eigenvalue weighted by Crippen LogP contribution is -2.43. The summed E-state index contributed by atoms with van der Waals surface area (Å²) in [7, 11) is 3.86. The molecule has 0 fully saturated rings. The maximum absolute atomic E-state index is 12.0. The van der Waals surface area contributed by atoms with E-state index in [1.807, 2.05) is 6.20 Å². The number of anilines is 1. The van der Waals surface area contributed by atoms with Gasteiger partial charge in [-0.3, -0.25) is 4.79 Å². The van der Waals surface area contributed by atoms with Crippen LogP contribution in [-0.4, -0.2) is 56.3 Å². The second-order valence-corrected chi connectivity index (χ2v) is 7.62. The summed E-state index contributed by atoms with van der Waals surface area (Å²) in [6, 6.07) is 7.98. The number of rotatable bonds is 13. The molecule has 1 amide bonds. The molecular weight excluding hydrogens is 392 g/mol. The number of nitrogens with two attached hydrogens (primary N) is 1. The van der Waals surface area contributed by atoms with Gasteiger partial charge in [-0.2, -0.15) is 12.6 Å². The molecule has 1 rings (SSSR count). The number of carbonyl (C=O) groups is 1. The minimum Gasteiger partial charge on any atom is -0.391 e. The quantitative estimate of drug-likeness (QED) is 0.330. The van der Waals surface area contributed by atoms with E-state index in [0.29, 0.717) is 12.3 Å². The van der Waals surface area contributed by atoms with E-state index in [4.69, 9.17) is 5.73 Å². The van der Waals surface area contributed by atoms with Crippen molar-refractivity contribution >= 4 is 30.3 Å². The predicted octanol–water partition coefficient (Wildman–Crippen LogP) is 3.70. The summed E-state index contributed by atoms with van der Waals surface area (Å²) in [5.41, 5.74) is 9.26. The van der Waals surface area contributed by atoms with E-state index in [2.05, 4.69) is 92.3 Å². The molecular formula is C24H38N4OS. The molecule has 3 N–H and O–H groups in total. The van der Waals surface area contributed by atoms with Crippen molar-refractivity contribution in [2.75, 3.05) is 44.4 Å². The van der Waals surface area contributed by atoms with Gasteiger partial charge in [0, 0.05) is 45.2 Å². The lowest BCUT2D eigenvalue weighted by Gasteiger charge is -2.23. The van der Waals surface area contributed by atoms with Crippen LogP contribution in [0, 0.1) is 0 Å². The Morgan fingerprint density at radius 1 is 1.17 bits per heavy atom. The Hall–Kier alpha value is -2.18. The fourth-order valence-electron chi connectivity index (χ4n) is 2.88. The number of benzene rings is 1. The third-order valence-corrected chi connectivity index (χ3v) is 5.11. The number of carbonyl (C=O) groups excluding carboxylic acids is 1. The van der Waals surface area contributed by atoms with Gasteiger partial charge in [-0.1, -0.05) is 37.3 Å². The highest BCUT2D eigenvalue weighted by molar-refractivity contribution is 7.80. The van der Waals surface area contributed by atoms with Crippen LogP contribution in [0.5, 0.6) is 0 Å². The first-order valence-electron chi connectivity index (χ1n) is 10.6. The first-order chi connectivity index (χ1) is 14.4. The van der Waals surface area contributed by atoms with E-state index in [1.165, 1.54) is 5.57 Å². The van der Waals surface area contributed by atoms with Crippen molar-refractivity contribution in [1.29, 1.82) is 0 Å². The largest absolute Gasteiger partial charge is 0.391 e. The zero-order valence-electron chi connectivity index (χ0n) is 18.8. The third kappa shape index (κ3) is 9.55. The Balaban J connectivity index is 2.58. The lowest BCUT2D eigenvalue weighted by molar-refractivity contribution is -0.130. The summed E-state index contributed by atoms with van der Waals surface area (Å²) in [5, 5.41) is 3.20. The monoisotopic (exact) mass is 430 g/mol. The molecule has 1 atom stereocenters. The van der Waals surface area contributed by atoms with Gasteiger partial charge in [0.25, 0.3) is 0 Å². The molecule has 0 bridgehead atoms. The fraction of sp³-hybridized carbons (Fsp3) is 0.458. The Labute approximate surface area is 188 Å². The van der Waals surface area contributed by atoms with E-state index in [0.717, 1.165) is 37.2 Å². The first kappa shape index (κ1) is 25.9. The number of hydrogen-bond donors (Lipinski definition) is 3. The molecule has 0 aliphatic carbocycles. The maximum atomic E-state index is 12.0. The number of amides is 1. The first-order valence-corrected chi connectivity index (χ1v) is 11.3. The molecule has 1 unspecified atom stereocenters. The van der Waals surface area contributed by atoms with Gasteiger partial charge in [-0.15, -0.1) is 0 Å². The number of likely N-dealkylation sites (N-methyl/N-ethyl adjacent to an activating group) is 1. The van der Waals surface area contributed by atoms with Crippen LogP contribution in [0.4, 0.5) is 5.69 Å². The highest BCUT2D eigenvalue weighted by atomic mass is 32.1. The molecule has 0 aliphatic heterocycles. The summed E-state index contributed by atoms with van der Waals surface area (Å²) in [4.78, 5) is 15.9. The van der Waals surface area contributed by atoms with Crippen molar-refractivity contribution in [3.8, 4) is 0 Å². The lowest BCUT2D eigenvalue weighted by atomic mass is 10.1. The molecule has 1 aromatic carbocycles. The van der Waals surface area contributed by atoms with E-state index in [9.17, 15) is 4.79 Å².